The van der Waals surface area contributed by atoms with Crippen molar-refractivity contribution < 1.29 is 4.74 Å². The van der Waals surface area contributed by atoms with Crippen molar-refractivity contribution >= 4 is 11.8 Å². The Labute approximate surface area is 114 Å². The molecule has 0 amide bonds. The van der Waals surface area contributed by atoms with Crippen LogP contribution >= 0.6 is 11.8 Å². The molecule has 0 aliphatic carbocycles. The van der Waals surface area contributed by atoms with Crippen molar-refractivity contribution in [2.45, 2.75) is 26.3 Å². The molecule has 1 aliphatic rings. The predicted molar refractivity (Wildman–Crippen MR) is 79.5 cm³/mol. The number of nitrogens with one attached hydrogen (secondary N) is 1. The minimum absolute atomic E-state index is 0.415. The van der Waals surface area contributed by atoms with Crippen LogP contribution in [0.25, 0.3) is 0 Å². The van der Waals surface area contributed by atoms with Crippen molar-refractivity contribution in [3.8, 4) is 5.75 Å². The van der Waals surface area contributed by atoms with Crippen LogP contribution in [-0.2, 0) is 0 Å². The molecule has 0 spiro atoms. The smallest absolute Gasteiger partial charge is 0.119 e. The van der Waals surface area contributed by atoms with Crippen molar-refractivity contribution in [3.63, 3.8) is 0 Å². The van der Waals surface area contributed by atoms with Crippen LogP contribution in [-0.4, -0.2) is 30.7 Å². The molecule has 2 rings (SSSR count). The molecule has 0 aromatic heterocycles. The van der Waals surface area contributed by atoms with Crippen LogP contribution in [0.4, 0.5) is 0 Å². The summed E-state index contributed by atoms with van der Waals surface area (Å²) in [4.78, 5) is 0. The van der Waals surface area contributed by atoms with Gasteiger partial charge in [-0.3, -0.25) is 0 Å². The van der Waals surface area contributed by atoms with E-state index in [0.29, 0.717) is 11.5 Å². The molecule has 1 saturated heterocycles. The first-order valence-electron chi connectivity index (χ1n) is 6.67. The second-order valence-corrected chi connectivity index (χ2v) is 6.63. The Morgan fingerprint density at radius 1 is 1.33 bits per heavy atom. The molecule has 1 fully saturated rings. The highest BCUT2D eigenvalue weighted by molar-refractivity contribution is 7.99. The summed E-state index contributed by atoms with van der Waals surface area (Å²) in [5.74, 6) is 3.47. The Morgan fingerprint density at radius 3 is 2.83 bits per heavy atom. The summed E-state index contributed by atoms with van der Waals surface area (Å²) in [6.45, 7) is 6.38. The lowest BCUT2D eigenvalue weighted by Gasteiger charge is -2.38. The van der Waals surface area contributed by atoms with Crippen LogP contribution in [0.2, 0.25) is 0 Å². The summed E-state index contributed by atoms with van der Waals surface area (Å²) in [6.07, 6.45) is 1.30. The van der Waals surface area contributed by atoms with Gasteiger partial charge in [-0.15, -0.1) is 0 Å². The topological polar surface area (TPSA) is 21.3 Å². The Morgan fingerprint density at radius 2 is 2.11 bits per heavy atom. The van der Waals surface area contributed by atoms with E-state index in [9.17, 15) is 0 Å². The maximum atomic E-state index is 5.70. The van der Waals surface area contributed by atoms with Crippen LogP contribution in [0.3, 0.4) is 0 Å². The van der Waals surface area contributed by atoms with E-state index in [-0.39, 0.29) is 0 Å². The summed E-state index contributed by atoms with van der Waals surface area (Å²) >= 11 is 2.06. The number of rotatable bonds is 5. The first-order valence-corrected chi connectivity index (χ1v) is 7.83. The third-order valence-corrected chi connectivity index (χ3v) is 4.69. The van der Waals surface area contributed by atoms with E-state index in [1.165, 1.54) is 17.9 Å². The minimum atomic E-state index is 0.415. The van der Waals surface area contributed by atoms with Crippen LogP contribution in [0, 0.1) is 5.41 Å². The fraction of sp³-hybridized carbons (Fsp3) is 0.600. The van der Waals surface area contributed by atoms with Gasteiger partial charge in [-0.25, -0.2) is 0 Å². The largest absolute Gasteiger partial charge is 0.492 e. The Kier molecular flexibility index (Phi) is 4.95. The van der Waals surface area contributed by atoms with E-state index < -0.39 is 0 Å². The van der Waals surface area contributed by atoms with Gasteiger partial charge in [-0.1, -0.05) is 32.0 Å². The molecule has 0 radical (unpaired) electrons. The normalized spacial score (nSPS) is 22.7. The molecule has 100 valence electrons. The molecule has 1 unspecified atom stereocenters. The second kappa shape index (κ2) is 6.48. The molecule has 0 bridgehead atoms. The van der Waals surface area contributed by atoms with E-state index >= 15 is 0 Å². The van der Waals surface area contributed by atoms with Gasteiger partial charge in [0.15, 0.2) is 0 Å². The monoisotopic (exact) mass is 265 g/mol. The highest BCUT2D eigenvalue weighted by atomic mass is 32.2. The molecular weight excluding hydrogens is 242 g/mol. The van der Waals surface area contributed by atoms with Gasteiger partial charge in [-0.05, 0) is 29.7 Å². The first-order chi connectivity index (χ1) is 8.68. The molecule has 1 aromatic rings. The Balaban J connectivity index is 1.69. The zero-order valence-corrected chi connectivity index (χ0v) is 12.1. The SMILES string of the molecule is CC1(C)CCSCC1NCCOc1ccccc1. The molecule has 18 heavy (non-hydrogen) atoms. The van der Waals surface area contributed by atoms with Gasteiger partial charge < -0.3 is 10.1 Å². The maximum Gasteiger partial charge on any atom is 0.119 e. The number of benzene rings is 1. The van der Waals surface area contributed by atoms with E-state index in [1.807, 2.05) is 30.3 Å². The van der Waals surface area contributed by atoms with Gasteiger partial charge in [-0.2, -0.15) is 11.8 Å². The number of para-hydroxylation sites is 1. The quantitative estimate of drug-likeness (QED) is 0.826. The molecule has 1 aromatic carbocycles. The molecule has 2 nitrogen and oxygen atoms in total. The molecule has 3 heteroatoms. The van der Waals surface area contributed by atoms with Crippen molar-refractivity contribution in [1.29, 1.82) is 0 Å². The number of thioether (sulfide) groups is 1. The van der Waals surface area contributed by atoms with Crippen molar-refractivity contribution in [3.05, 3.63) is 30.3 Å². The van der Waals surface area contributed by atoms with Crippen molar-refractivity contribution in [2.24, 2.45) is 5.41 Å². The molecule has 1 N–H and O–H groups in total. The van der Waals surface area contributed by atoms with E-state index in [0.717, 1.165) is 18.9 Å². The predicted octanol–water partition coefficient (Wildman–Crippen LogP) is 3.19. The van der Waals surface area contributed by atoms with Crippen LogP contribution < -0.4 is 10.1 Å². The molecule has 1 aliphatic heterocycles. The standard InChI is InChI=1S/C15H23NOS/c1-15(2)8-11-18-12-14(15)16-9-10-17-13-6-4-3-5-7-13/h3-7,14,16H,8-12H2,1-2H3. The van der Waals surface area contributed by atoms with Crippen LogP contribution in [0.5, 0.6) is 5.75 Å². The second-order valence-electron chi connectivity index (χ2n) is 5.48. The first kappa shape index (κ1) is 13.8. The lowest BCUT2D eigenvalue weighted by atomic mass is 9.82. The average Bonchev–Trinajstić information content (AvgIpc) is 2.37. The van der Waals surface area contributed by atoms with Crippen molar-refractivity contribution in [1.82, 2.24) is 5.32 Å². The van der Waals surface area contributed by atoms with Crippen molar-refractivity contribution in [2.75, 3.05) is 24.7 Å². The minimum Gasteiger partial charge on any atom is -0.492 e. The summed E-state index contributed by atoms with van der Waals surface area (Å²) in [7, 11) is 0. The Hall–Kier alpha value is -0.670. The van der Waals surface area contributed by atoms with E-state index in [4.69, 9.17) is 4.74 Å². The third kappa shape index (κ3) is 3.92. The summed E-state index contributed by atoms with van der Waals surface area (Å²) < 4.78 is 5.70. The van der Waals surface area contributed by atoms with Gasteiger partial charge in [0.1, 0.15) is 12.4 Å². The van der Waals surface area contributed by atoms with Gasteiger partial charge in [0.05, 0.1) is 0 Å². The fourth-order valence-electron chi connectivity index (χ4n) is 2.19. The lowest BCUT2D eigenvalue weighted by Crippen LogP contribution is -2.47. The van der Waals surface area contributed by atoms with Crippen LogP contribution in [0.15, 0.2) is 30.3 Å². The summed E-state index contributed by atoms with van der Waals surface area (Å²) in [5, 5.41) is 3.64. The molecular formula is C15H23NOS. The Bertz CT molecular complexity index is 353. The fourth-order valence-corrected chi connectivity index (χ4v) is 3.83. The average molecular weight is 265 g/mol. The van der Waals surface area contributed by atoms with Gasteiger partial charge in [0, 0.05) is 18.3 Å². The van der Waals surface area contributed by atoms with E-state index in [1.54, 1.807) is 0 Å². The van der Waals surface area contributed by atoms with Crippen LogP contribution in [0.1, 0.15) is 20.3 Å². The van der Waals surface area contributed by atoms with Gasteiger partial charge in [0.2, 0.25) is 0 Å². The number of ether oxygens (including phenoxy) is 1. The van der Waals surface area contributed by atoms with E-state index in [2.05, 4.69) is 30.9 Å². The highest BCUT2D eigenvalue weighted by Gasteiger charge is 2.31. The molecule has 0 saturated carbocycles. The van der Waals surface area contributed by atoms with Gasteiger partial charge >= 0.3 is 0 Å². The highest BCUT2D eigenvalue weighted by Crippen LogP contribution is 2.33. The molecule has 1 heterocycles. The summed E-state index contributed by atoms with van der Waals surface area (Å²) in [6, 6.07) is 10.6. The van der Waals surface area contributed by atoms with Gasteiger partial charge in [0.25, 0.3) is 0 Å². The lowest BCUT2D eigenvalue weighted by molar-refractivity contribution is 0.228. The number of hydrogen-bond donors (Lipinski definition) is 1. The molecule has 1 atom stereocenters. The zero-order chi connectivity index (χ0) is 12.8. The summed E-state index contributed by atoms with van der Waals surface area (Å²) in [5.41, 5.74) is 0.415. The zero-order valence-electron chi connectivity index (χ0n) is 11.3. The maximum absolute atomic E-state index is 5.70. The third-order valence-electron chi connectivity index (χ3n) is 3.62. The number of hydrogen-bond acceptors (Lipinski definition) is 3.